The van der Waals surface area contributed by atoms with Gasteiger partial charge in [-0.15, -0.1) is 0 Å². The van der Waals surface area contributed by atoms with Crippen molar-refractivity contribution < 1.29 is 19.1 Å². The Labute approximate surface area is 183 Å². The van der Waals surface area contributed by atoms with Gasteiger partial charge in [-0.05, 0) is 36.2 Å². The van der Waals surface area contributed by atoms with E-state index in [0.29, 0.717) is 68.4 Å². The molecule has 2 aromatic rings. The average Bonchev–Trinajstić information content (AvgIpc) is 2.83. The fourth-order valence-electron chi connectivity index (χ4n) is 3.67. The molecule has 1 saturated heterocycles. The number of pyridine rings is 1. The second kappa shape index (κ2) is 10.7. The first kappa shape index (κ1) is 22.4. The maximum Gasteiger partial charge on any atom is 0.255 e. The SMILES string of the molecule is CCC(=O)N1CCN(c2ncccc2C(=O)NCCc2ccc(OC)c(OC)c2)CC1. The average molecular weight is 427 g/mol. The number of nitrogens with one attached hydrogen (secondary N) is 1. The molecule has 0 aliphatic carbocycles. The summed E-state index contributed by atoms with van der Waals surface area (Å²) in [6.45, 7) is 4.97. The third-order valence-electron chi connectivity index (χ3n) is 5.41. The normalized spacial score (nSPS) is 13.6. The van der Waals surface area contributed by atoms with Gasteiger partial charge in [0.2, 0.25) is 5.91 Å². The molecule has 31 heavy (non-hydrogen) atoms. The molecular weight excluding hydrogens is 396 g/mol. The van der Waals surface area contributed by atoms with Crippen LogP contribution in [0.2, 0.25) is 0 Å². The van der Waals surface area contributed by atoms with Gasteiger partial charge in [0.05, 0.1) is 19.8 Å². The number of carbonyl (C=O) groups excluding carboxylic acids is 2. The number of amides is 2. The number of anilines is 1. The second-order valence-electron chi connectivity index (χ2n) is 7.29. The van der Waals surface area contributed by atoms with Crippen molar-refractivity contribution in [3.05, 3.63) is 47.7 Å². The number of carbonyl (C=O) groups is 2. The maximum atomic E-state index is 12.9. The van der Waals surface area contributed by atoms with Crippen LogP contribution in [-0.2, 0) is 11.2 Å². The number of piperazine rings is 1. The molecule has 0 radical (unpaired) electrons. The van der Waals surface area contributed by atoms with E-state index in [-0.39, 0.29) is 11.8 Å². The zero-order valence-electron chi connectivity index (χ0n) is 18.4. The molecule has 8 heteroatoms. The van der Waals surface area contributed by atoms with E-state index in [4.69, 9.17) is 9.47 Å². The number of rotatable bonds is 8. The van der Waals surface area contributed by atoms with E-state index in [1.165, 1.54) is 0 Å². The molecule has 1 N–H and O–H groups in total. The van der Waals surface area contributed by atoms with Crippen LogP contribution >= 0.6 is 0 Å². The quantitative estimate of drug-likeness (QED) is 0.696. The van der Waals surface area contributed by atoms with Gasteiger partial charge in [-0.3, -0.25) is 9.59 Å². The molecule has 1 aromatic carbocycles. The van der Waals surface area contributed by atoms with Crippen LogP contribution in [0.15, 0.2) is 36.5 Å². The highest BCUT2D eigenvalue weighted by atomic mass is 16.5. The Bertz CT molecular complexity index is 910. The van der Waals surface area contributed by atoms with Gasteiger partial charge in [-0.2, -0.15) is 0 Å². The Kier molecular flexibility index (Phi) is 7.70. The highest BCUT2D eigenvalue weighted by Gasteiger charge is 2.24. The lowest BCUT2D eigenvalue weighted by Gasteiger charge is -2.36. The Morgan fingerprint density at radius 1 is 1.06 bits per heavy atom. The lowest BCUT2D eigenvalue weighted by molar-refractivity contribution is -0.131. The van der Waals surface area contributed by atoms with Gasteiger partial charge in [-0.1, -0.05) is 13.0 Å². The minimum atomic E-state index is -0.157. The van der Waals surface area contributed by atoms with Crippen molar-refractivity contribution in [3.8, 4) is 11.5 Å². The molecular formula is C23H30N4O4. The van der Waals surface area contributed by atoms with Crippen molar-refractivity contribution in [2.75, 3.05) is 51.8 Å². The number of nitrogens with zero attached hydrogens (tertiary/aromatic N) is 3. The monoisotopic (exact) mass is 426 g/mol. The fourth-order valence-corrected chi connectivity index (χ4v) is 3.67. The summed E-state index contributed by atoms with van der Waals surface area (Å²) in [5, 5.41) is 2.99. The minimum Gasteiger partial charge on any atom is -0.493 e. The zero-order valence-corrected chi connectivity index (χ0v) is 18.4. The number of hydrogen-bond acceptors (Lipinski definition) is 6. The fraction of sp³-hybridized carbons (Fsp3) is 0.435. The van der Waals surface area contributed by atoms with E-state index in [1.54, 1.807) is 32.5 Å². The van der Waals surface area contributed by atoms with Crippen molar-refractivity contribution in [1.29, 1.82) is 0 Å². The Morgan fingerprint density at radius 3 is 2.48 bits per heavy atom. The number of ether oxygens (including phenoxy) is 2. The highest BCUT2D eigenvalue weighted by molar-refractivity contribution is 5.98. The first-order valence-corrected chi connectivity index (χ1v) is 10.5. The number of hydrogen-bond donors (Lipinski definition) is 1. The molecule has 2 amide bonds. The highest BCUT2D eigenvalue weighted by Crippen LogP contribution is 2.27. The molecule has 166 valence electrons. The predicted octanol–water partition coefficient (Wildman–Crippen LogP) is 2.13. The lowest BCUT2D eigenvalue weighted by atomic mass is 10.1. The third-order valence-corrected chi connectivity index (χ3v) is 5.41. The van der Waals surface area contributed by atoms with Crippen LogP contribution in [0.5, 0.6) is 11.5 Å². The molecule has 0 spiro atoms. The predicted molar refractivity (Wildman–Crippen MR) is 119 cm³/mol. The van der Waals surface area contributed by atoms with Crippen molar-refractivity contribution in [2.24, 2.45) is 0 Å². The first-order valence-electron chi connectivity index (χ1n) is 10.5. The van der Waals surface area contributed by atoms with Crippen LogP contribution in [0.4, 0.5) is 5.82 Å². The summed E-state index contributed by atoms with van der Waals surface area (Å²) in [5.41, 5.74) is 1.59. The number of benzene rings is 1. The summed E-state index contributed by atoms with van der Waals surface area (Å²) in [6, 6.07) is 9.29. The summed E-state index contributed by atoms with van der Waals surface area (Å²) in [6.07, 6.45) is 2.87. The van der Waals surface area contributed by atoms with E-state index < -0.39 is 0 Å². The van der Waals surface area contributed by atoms with Gasteiger partial charge in [0, 0.05) is 45.3 Å². The van der Waals surface area contributed by atoms with E-state index >= 15 is 0 Å². The topological polar surface area (TPSA) is 84.0 Å². The van der Waals surface area contributed by atoms with Gasteiger partial charge in [0.25, 0.3) is 5.91 Å². The number of methoxy groups -OCH3 is 2. The van der Waals surface area contributed by atoms with Crippen LogP contribution in [0.25, 0.3) is 0 Å². The Hall–Kier alpha value is -3.29. The molecule has 0 atom stereocenters. The summed E-state index contributed by atoms with van der Waals surface area (Å²) in [4.78, 5) is 33.2. The first-order chi connectivity index (χ1) is 15.1. The zero-order chi connectivity index (χ0) is 22.2. The standard InChI is InChI=1S/C23H30N4O4/c1-4-21(28)26-12-14-27(15-13-26)22-18(6-5-10-24-22)23(29)25-11-9-17-7-8-19(30-2)20(16-17)31-3/h5-8,10,16H,4,9,11-15H2,1-3H3,(H,25,29). The third kappa shape index (κ3) is 5.45. The maximum absolute atomic E-state index is 12.9. The van der Waals surface area contributed by atoms with Crippen molar-refractivity contribution in [2.45, 2.75) is 19.8 Å². The summed E-state index contributed by atoms with van der Waals surface area (Å²) < 4.78 is 10.6. The molecule has 0 bridgehead atoms. The molecule has 1 fully saturated rings. The van der Waals surface area contributed by atoms with Gasteiger partial charge >= 0.3 is 0 Å². The molecule has 1 aliphatic heterocycles. The van der Waals surface area contributed by atoms with Crippen LogP contribution in [0, 0.1) is 0 Å². The van der Waals surface area contributed by atoms with E-state index in [0.717, 1.165) is 5.56 Å². The summed E-state index contributed by atoms with van der Waals surface area (Å²) in [7, 11) is 3.20. The molecule has 1 aliphatic rings. The van der Waals surface area contributed by atoms with Crippen molar-refractivity contribution in [3.63, 3.8) is 0 Å². The van der Waals surface area contributed by atoms with E-state index in [9.17, 15) is 9.59 Å². The van der Waals surface area contributed by atoms with Crippen molar-refractivity contribution in [1.82, 2.24) is 15.2 Å². The van der Waals surface area contributed by atoms with Crippen molar-refractivity contribution >= 4 is 17.6 Å². The second-order valence-corrected chi connectivity index (χ2v) is 7.29. The minimum absolute atomic E-state index is 0.157. The Balaban J connectivity index is 1.60. The summed E-state index contributed by atoms with van der Waals surface area (Å²) in [5.74, 6) is 2.01. The number of aromatic nitrogens is 1. The van der Waals surface area contributed by atoms with Gasteiger partial charge in [0.1, 0.15) is 5.82 Å². The molecule has 2 heterocycles. The van der Waals surface area contributed by atoms with Crippen LogP contribution < -0.4 is 19.7 Å². The van der Waals surface area contributed by atoms with Gasteiger partial charge in [-0.25, -0.2) is 4.98 Å². The molecule has 0 unspecified atom stereocenters. The van der Waals surface area contributed by atoms with E-state index in [1.807, 2.05) is 30.0 Å². The van der Waals surface area contributed by atoms with Crippen LogP contribution in [-0.4, -0.2) is 68.6 Å². The smallest absolute Gasteiger partial charge is 0.255 e. The molecule has 3 rings (SSSR count). The van der Waals surface area contributed by atoms with E-state index in [2.05, 4.69) is 15.2 Å². The van der Waals surface area contributed by atoms with Gasteiger partial charge < -0.3 is 24.6 Å². The Morgan fingerprint density at radius 2 is 1.81 bits per heavy atom. The molecule has 0 saturated carbocycles. The van der Waals surface area contributed by atoms with Crippen LogP contribution in [0.1, 0.15) is 29.3 Å². The summed E-state index contributed by atoms with van der Waals surface area (Å²) >= 11 is 0. The lowest BCUT2D eigenvalue weighted by Crippen LogP contribution is -2.49. The largest absolute Gasteiger partial charge is 0.493 e. The molecule has 1 aromatic heterocycles. The van der Waals surface area contributed by atoms with Gasteiger partial charge in [0.15, 0.2) is 11.5 Å². The van der Waals surface area contributed by atoms with Crippen LogP contribution in [0.3, 0.4) is 0 Å². The molecule has 8 nitrogen and oxygen atoms in total.